The van der Waals surface area contributed by atoms with E-state index in [1.807, 2.05) is 11.0 Å². The molecule has 132 valence electrons. The number of nitrogens with zero attached hydrogens (tertiary/aromatic N) is 3. The van der Waals surface area contributed by atoms with Gasteiger partial charge in [0, 0.05) is 13.5 Å². The Hall–Kier alpha value is -2.17. The quantitative estimate of drug-likeness (QED) is 0.833. The Bertz CT molecular complexity index is 796. The number of likely N-dealkylation sites (tertiary alicyclic amines) is 1. The number of fused-ring (bicyclic) bond motifs is 1. The third-order valence-corrected chi connectivity index (χ3v) is 5.80. The third-order valence-electron chi connectivity index (χ3n) is 5.80. The summed E-state index contributed by atoms with van der Waals surface area (Å²) in [6.45, 7) is 7.11. The predicted octanol–water partition coefficient (Wildman–Crippen LogP) is 3.90. The Kier molecular flexibility index (Phi) is 3.89. The minimum atomic E-state index is -0.0576. The molecule has 1 aliphatic carbocycles. The maximum atomic E-state index is 13.4. The van der Waals surface area contributed by atoms with E-state index >= 15 is 0 Å². The van der Waals surface area contributed by atoms with E-state index in [1.165, 1.54) is 11.1 Å². The van der Waals surface area contributed by atoms with Crippen molar-refractivity contribution in [2.75, 3.05) is 6.54 Å². The maximum Gasteiger partial charge on any atom is 0.230 e. The van der Waals surface area contributed by atoms with E-state index in [1.54, 1.807) is 6.92 Å². The molecular weight excluding hydrogens is 314 g/mol. The highest BCUT2D eigenvalue weighted by atomic mass is 16.5. The number of hydrogen-bond acceptors (Lipinski definition) is 4. The molecule has 1 aliphatic heterocycles. The predicted molar refractivity (Wildman–Crippen MR) is 94.2 cm³/mol. The molecule has 0 saturated carbocycles. The number of aromatic nitrogens is 2. The topological polar surface area (TPSA) is 59.2 Å². The minimum absolute atomic E-state index is 0.0490. The summed E-state index contributed by atoms with van der Waals surface area (Å²) in [7, 11) is 0. The zero-order valence-corrected chi connectivity index (χ0v) is 15.2. The molecule has 0 unspecified atom stereocenters. The van der Waals surface area contributed by atoms with Gasteiger partial charge in [-0.2, -0.15) is 4.98 Å². The summed E-state index contributed by atoms with van der Waals surface area (Å²) >= 11 is 0. The van der Waals surface area contributed by atoms with E-state index in [4.69, 9.17) is 4.52 Å². The fourth-order valence-electron chi connectivity index (χ4n) is 4.42. The van der Waals surface area contributed by atoms with Crippen LogP contribution in [0.1, 0.15) is 74.3 Å². The molecule has 25 heavy (non-hydrogen) atoms. The number of carbonyl (C=O) groups is 1. The molecular formula is C20H25N3O2. The fraction of sp³-hybridized carbons (Fsp3) is 0.550. The fourth-order valence-corrected chi connectivity index (χ4v) is 4.42. The van der Waals surface area contributed by atoms with Gasteiger partial charge < -0.3 is 9.42 Å². The summed E-state index contributed by atoms with van der Waals surface area (Å²) in [6, 6.07) is 8.38. The van der Waals surface area contributed by atoms with Crippen LogP contribution in [0.3, 0.4) is 0 Å². The first-order valence-corrected chi connectivity index (χ1v) is 9.17. The van der Waals surface area contributed by atoms with Crippen molar-refractivity contribution in [1.82, 2.24) is 15.0 Å². The third kappa shape index (κ3) is 2.75. The molecule has 2 aromatic rings. The number of hydrogen-bond donors (Lipinski definition) is 0. The van der Waals surface area contributed by atoms with E-state index in [2.05, 4.69) is 42.2 Å². The molecule has 0 radical (unpaired) electrons. The van der Waals surface area contributed by atoms with Gasteiger partial charge in [-0.3, -0.25) is 4.79 Å². The Balaban J connectivity index is 1.65. The van der Waals surface area contributed by atoms with Crippen LogP contribution < -0.4 is 0 Å². The van der Waals surface area contributed by atoms with Crippen molar-refractivity contribution >= 4 is 5.91 Å². The van der Waals surface area contributed by atoms with Crippen molar-refractivity contribution in [3.63, 3.8) is 0 Å². The molecule has 2 atom stereocenters. The van der Waals surface area contributed by atoms with Crippen LogP contribution in [-0.2, 0) is 10.2 Å². The van der Waals surface area contributed by atoms with Gasteiger partial charge >= 0.3 is 0 Å². The van der Waals surface area contributed by atoms with Gasteiger partial charge in [-0.1, -0.05) is 43.3 Å². The molecule has 1 aromatic heterocycles. The maximum absolute atomic E-state index is 13.4. The van der Waals surface area contributed by atoms with Gasteiger partial charge in [-0.05, 0) is 42.2 Å². The van der Waals surface area contributed by atoms with Crippen molar-refractivity contribution in [1.29, 1.82) is 0 Å². The average molecular weight is 339 g/mol. The van der Waals surface area contributed by atoms with Crippen molar-refractivity contribution in [3.05, 3.63) is 47.1 Å². The monoisotopic (exact) mass is 339 g/mol. The molecule has 4 rings (SSSR count). The van der Waals surface area contributed by atoms with Gasteiger partial charge in [0.1, 0.15) is 0 Å². The molecule has 2 heterocycles. The van der Waals surface area contributed by atoms with Crippen LogP contribution in [0.4, 0.5) is 0 Å². The van der Waals surface area contributed by atoms with Crippen molar-refractivity contribution in [2.45, 2.75) is 63.8 Å². The van der Waals surface area contributed by atoms with Gasteiger partial charge in [0.2, 0.25) is 11.8 Å². The van der Waals surface area contributed by atoms with Crippen LogP contribution in [0.5, 0.6) is 0 Å². The molecule has 1 aromatic carbocycles. The highest BCUT2D eigenvalue weighted by Gasteiger charge is 2.41. The highest BCUT2D eigenvalue weighted by molar-refractivity contribution is 5.85. The second-order valence-corrected chi connectivity index (χ2v) is 7.92. The lowest BCUT2D eigenvalue weighted by Gasteiger charge is -2.38. The SMILES string of the molecule is Cc1nc([C@@H]2CCCN2C(=O)[C@H]2CCC(C)(C)c3ccccc32)no1. The molecule has 5 nitrogen and oxygen atoms in total. The Morgan fingerprint density at radius 2 is 2.08 bits per heavy atom. The van der Waals surface area contributed by atoms with E-state index in [0.29, 0.717) is 11.7 Å². The second kappa shape index (κ2) is 5.97. The molecule has 1 amide bonds. The van der Waals surface area contributed by atoms with Crippen molar-refractivity contribution in [2.24, 2.45) is 0 Å². The standard InChI is InChI=1S/C20H25N3O2/c1-13-21-18(22-25-13)17-9-6-12-23(17)19(24)15-10-11-20(2,3)16-8-5-4-7-14(15)16/h4-5,7-8,15,17H,6,9-12H2,1-3H3/t15-,17-/m0/s1. The first-order chi connectivity index (χ1) is 12.0. The van der Waals surface area contributed by atoms with E-state index < -0.39 is 0 Å². The zero-order valence-electron chi connectivity index (χ0n) is 15.2. The van der Waals surface area contributed by atoms with Gasteiger partial charge in [-0.15, -0.1) is 0 Å². The zero-order chi connectivity index (χ0) is 17.6. The number of benzene rings is 1. The highest BCUT2D eigenvalue weighted by Crippen LogP contribution is 2.44. The van der Waals surface area contributed by atoms with Gasteiger partial charge in [0.05, 0.1) is 12.0 Å². The van der Waals surface area contributed by atoms with Gasteiger partial charge in [0.15, 0.2) is 5.82 Å². The molecule has 0 spiro atoms. The smallest absolute Gasteiger partial charge is 0.230 e. The molecule has 5 heteroatoms. The van der Waals surface area contributed by atoms with E-state index in [-0.39, 0.29) is 23.3 Å². The lowest BCUT2D eigenvalue weighted by Crippen LogP contribution is -2.38. The first-order valence-electron chi connectivity index (χ1n) is 9.17. The van der Waals surface area contributed by atoms with Gasteiger partial charge in [0.25, 0.3) is 0 Å². The largest absolute Gasteiger partial charge is 0.340 e. The van der Waals surface area contributed by atoms with Crippen LogP contribution in [0.15, 0.2) is 28.8 Å². The van der Waals surface area contributed by atoms with Gasteiger partial charge in [-0.25, -0.2) is 0 Å². The van der Waals surface area contributed by atoms with Crippen LogP contribution in [-0.4, -0.2) is 27.5 Å². The molecule has 0 bridgehead atoms. The Labute approximate surface area is 148 Å². The lowest BCUT2D eigenvalue weighted by atomic mass is 9.68. The van der Waals surface area contributed by atoms with Crippen molar-refractivity contribution in [3.8, 4) is 0 Å². The molecule has 0 N–H and O–H groups in total. The lowest BCUT2D eigenvalue weighted by molar-refractivity contribution is -0.134. The van der Waals surface area contributed by atoms with Crippen LogP contribution in [0.25, 0.3) is 0 Å². The minimum Gasteiger partial charge on any atom is -0.340 e. The number of aryl methyl sites for hydroxylation is 1. The summed E-state index contributed by atoms with van der Waals surface area (Å²) in [6.07, 6.45) is 3.83. The second-order valence-electron chi connectivity index (χ2n) is 7.92. The summed E-state index contributed by atoms with van der Waals surface area (Å²) in [4.78, 5) is 19.7. The first kappa shape index (κ1) is 16.3. The number of carbonyl (C=O) groups excluding carboxylic acids is 1. The number of rotatable bonds is 2. The van der Waals surface area contributed by atoms with Crippen LogP contribution >= 0.6 is 0 Å². The summed E-state index contributed by atoms with van der Waals surface area (Å²) < 4.78 is 5.13. The van der Waals surface area contributed by atoms with Crippen molar-refractivity contribution < 1.29 is 9.32 Å². The van der Waals surface area contributed by atoms with E-state index in [0.717, 1.165) is 32.2 Å². The van der Waals surface area contributed by atoms with Crippen LogP contribution in [0, 0.1) is 6.92 Å². The molecule has 2 aliphatic rings. The van der Waals surface area contributed by atoms with E-state index in [9.17, 15) is 4.79 Å². The molecule has 1 fully saturated rings. The average Bonchev–Trinajstić information content (AvgIpc) is 3.23. The molecule has 1 saturated heterocycles. The Morgan fingerprint density at radius 1 is 1.28 bits per heavy atom. The normalized spacial score (nSPS) is 25.0. The summed E-state index contributed by atoms with van der Waals surface area (Å²) in [5.74, 6) is 1.36. The summed E-state index contributed by atoms with van der Waals surface area (Å²) in [5.41, 5.74) is 2.63. The van der Waals surface area contributed by atoms with Crippen LogP contribution in [0.2, 0.25) is 0 Å². The number of amides is 1. The Morgan fingerprint density at radius 3 is 2.84 bits per heavy atom. The summed E-state index contributed by atoms with van der Waals surface area (Å²) in [5, 5.41) is 4.06.